The number of phenolic OH excluding ortho intramolecular Hbond substituents is 1. The molecule has 3 heterocycles. The van der Waals surface area contributed by atoms with Gasteiger partial charge in [-0.15, -0.1) is 16.7 Å². The standard InChI is InChI=1S/C49H46N3O2.Pt/c1-48(2,3)36-24-45(52-43-20-19-32(31-12-5-4-6-13-31)23-41(43)39-17-11-21-50-47(39)52)51-46(25-36)54-37-22-35-29-49(27-33-14-7-8-15-34(33)28-49)30-42(35)40(26-37)38-16-9-10-18-44(38)53;/h7-11,14-25,31,53H,4-6,12-13,27-30H2,1-3H3;/q-1;. The predicted molar refractivity (Wildman–Crippen MR) is 217 cm³/mol. The monoisotopic (exact) mass is 903 g/mol. The topological polar surface area (TPSA) is 60.2 Å². The molecule has 6 heteroatoms. The summed E-state index contributed by atoms with van der Waals surface area (Å²) >= 11 is 0. The molecule has 7 aromatic rings. The predicted octanol–water partition coefficient (Wildman–Crippen LogP) is 11.8. The number of aromatic nitrogens is 3. The summed E-state index contributed by atoms with van der Waals surface area (Å²) in [6.07, 6.45) is 12.4. The fraction of sp³-hybridized carbons (Fsp3) is 0.306. The van der Waals surface area contributed by atoms with Crippen LogP contribution in [0.25, 0.3) is 38.9 Å². The van der Waals surface area contributed by atoms with Crippen molar-refractivity contribution >= 4 is 21.9 Å². The van der Waals surface area contributed by atoms with Crippen molar-refractivity contribution in [3.05, 3.63) is 143 Å². The molecule has 10 rings (SSSR count). The van der Waals surface area contributed by atoms with Gasteiger partial charge >= 0.3 is 0 Å². The van der Waals surface area contributed by atoms with E-state index in [1.807, 2.05) is 30.5 Å². The van der Waals surface area contributed by atoms with Gasteiger partial charge < -0.3 is 9.84 Å². The van der Waals surface area contributed by atoms with E-state index in [9.17, 15) is 5.11 Å². The largest absolute Gasteiger partial charge is 0.517 e. The van der Waals surface area contributed by atoms with Gasteiger partial charge in [-0.25, -0.2) is 4.98 Å². The SMILES string of the molecule is CC(C)(C)c1cc(Oc2[c-]c(-c3ccccc3O)c3c(c2)CC2(Cc4ccccc4C2)C3)nc(-n2c3ccc(C4CCCCC4)cc3c3cccnc32)c1.[Pt]. The molecule has 0 unspecified atom stereocenters. The van der Waals surface area contributed by atoms with Gasteiger partial charge in [0.2, 0.25) is 5.88 Å². The van der Waals surface area contributed by atoms with Crippen LogP contribution in [0, 0.1) is 11.5 Å². The van der Waals surface area contributed by atoms with E-state index in [0.29, 0.717) is 17.5 Å². The number of pyridine rings is 2. The number of ether oxygens (including phenoxy) is 1. The summed E-state index contributed by atoms with van der Waals surface area (Å²) in [4.78, 5) is 10.2. The van der Waals surface area contributed by atoms with Crippen LogP contribution in [0.1, 0.15) is 92.2 Å². The first kappa shape index (κ1) is 35.9. The van der Waals surface area contributed by atoms with Crippen LogP contribution in [0.15, 0.2) is 103 Å². The summed E-state index contributed by atoms with van der Waals surface area (Å²) < 4.78 is 9.04. The van der Waals surface area contributed by atoms with Crippen LogP contribution in [-0.2, 0) is 52.2 Å². The van der Waals surface area contributed by atoms with E-state index in [0.717, 1.165) is 64.7 Å². The maximum Gasteiger partial charge on any atom is 0.219 e. The molecule has 0 saturated heterocycles. The number of nitrogens with zero attached hydrogens (tertiary/aromatic N) is 3. The average Bonchev–Trinajstić information content (AvgIpc) is 3.83. The Morgan fingerprint density at radius 3 is 2.29 bits per heavy atom. The average molecular weight is 904 g/mol. The number of para-hydroxylation sites is 1. The van der Waals surface area contributed by atoms with Crippen molar-refractivity contribution in [2.45, 2.75) is 89.9 Å². The van der Waals surface area contributed by atoms with Gasteiger partial charge in [-0.1, -0.05) is 113 Å². The Morgan fingerprint density at radius 2 is 1.53 bits per heavy atom. The van der Waals surface area contributed by atoms with Crippen LogP contribution in [0.5, 0.6) is 17.4 Å². The van der Waals surface area contributed by atoms with Crippen molar-refractivity contribution in [3.63, 3.8) is 0 Å². The second kappa shape index (κ2) is 13.8. The number of rotatable bonds is 5. The second-order valence-corrected chi connectivity index (χ2v) is 17.2. The molecule has 55 heavy (non-hydrogen) atoms. The molecule has 5 nitrogen and oxygen atoms in total. The molecule has 0 bridgehead atoms. The van der Waals surface area contributed by atoms with Crippen molar-refractivity contribution in [2.24, 2.45) is 5.41 Å². The first-order chi connectivity index (χ1) is 26.2. The van der Waals surface area contributed by atoms with Crippen molar-refractivity contribution in [3.8, 4) is 34.3 Å². The molecular weight excluding hydrogens is 858 g/mol. The van der Waals surface area contributed by atoms with Crippen LogP contribution >= 0.6 is 0 Å². The molecular formula is C49H46N3O2Pt-. The zero-order valence-corrected chi connectivity index (χ0v) is 34.0. The molecule has 1 spiro atoms. The van der Waals surface area contributed by atoms with Gasteiger partial charge in [-0.05, 0) is 108 Å². The maximum atomic E-state index is 11.1. The molecule has 3 aromatic heterocycles. The number of phenols is 1. The van der Waals surface area contributed by atoms with E-state index in [-0.39, 0.29) is 37.6 Å². The zero-order chi connectivity index (χ0) is 36.6. The van der Waals surface area contributed by atoms with Gasteiger partial charge in [-0.3, -0.25) is 4.57 Å². The first-order valence-electron chi connectivity index (χ1n) is 19.7. The van der Waals surface area contributed by atoms with E-state index in [1.165, 1.54) is 65.3 Å². The zero-order valence-electron chi connectivity index (χ0n) is 31.8. The quantitative estimate of drug-likeness (QED) is 0.175. The third-order valence-electron chi connectivity index (χ3n) is 12.5. The third-order valence-corrected chi connectivity index (χ3v) is 12.5. The fourth-order valence-electron chi connectivity index (χ4n) is 9.82. The fourth-order valence-corrected chi connectivity index (χ4v) is 9.82. The minimum absolute atomic E-state index is 0. The van der Waals surface area contributed by atoms with Gasteiger partial charge in [0.25, 0.3) is 0 Å². The Kier molecular flexibility index (Phi) is 9.00. The summed E-state index contributed by atoms with van der Waals surface area (Å²) in [5.41, 5.74) is 11.6. The normalized spacial score (nSPS) is 16.3. The summed E-state index contributed by atoms with van der Waals surface area (Å²) in [5.74, 6) is 2.78. The van der Waals surface area contributed by atoms with Crippen LogP contribution in [0.3, 0.4) is 0 Å². The molecule has 280 valence electrons. The Bertz CT molecular complexity index is 2570. The Balaban J connectivity index is 0.00000397. The Morgan fingerprint density at radius 1 is 0.782 bits per heavy atom. The Hall–Kier alpha value is -4.73. The molecule has 0 amide bonds. The number of benzene rings is 4. The molecule has 3 aliphatic carbocycles. The third kappa shape index (κ3) is 6.39. The Labute approximate surface area is 338 Å². The van der Waals surface area contributed by atoms with E-state index in [4.69, 9.17) is 14.7 Å². The molecule has 0 radical (unpaired) electrons. The molecule has 1 saturated carbocycles. The van der Waals surface area contributed by atoms with E-state index in [2.05, 4.69) is 98.1 Å². The summed E-state index contributed by atoms with van der Waals surface area (Å²) in [6, 6.07) is 37.8. The van der Waals surface area contributed by atoms with Gasteiger partial charge in [0.05, 0.1) is 11.3 Å². The molecule has 0 aliphatic heterocycles. The minimum Gasteiger partial charge on any atom is -0.517 e. The molecule has 4 aromatic carbocycles. The molecule has 1 N–H and O–H groups in total. The minimum atomic E-state index is -0.164. The van der Waals surface area contributed by atoms with Gasteiger partial charge in [0, 0.05) is 49.9 Å². The van der Waals surface area contributed by atoms with Crippen molar-refractivity contribution in [1.82, 2.24) is 14.5 Å². The summed E-state index contributed by atoms with van der Waals surface area (Å²) in [6.45, 7) is 6.69. The van der Waals surface area contributed by atoms with Crippen LogP contribution in [0.4, 0.5) is 0 Å². The number of hydrogen-bond donors (Lipinski definition) is 1. The molecule has 0 atom stereocenters. The van der Waals surface area contributed by atoms with Crippen molar-refractivity contribution < 1.29 is 30.9 Å². The van der Waals surface area contributed by atoms with Gasteiger partial charge in [0.15, 0.2) is 0 Å². The number of aromatic hydroxyl groups is 1. The second-order valence-electron chi connectivity index (χ2n) is 17.2. The molecule has 3 aliphatic rings. The van der Waals surface area contributed by atoms with Gasteiger partial charge in [0.1, 0.15) is 11.5 Å². The van der Waals surface area contributed by atoms with E-state index >= 15 is 0 Å². The van der Waals surface area contributed by atoms with E-state index < -0.39 is 0 Å². The van der Waals surface area contributed by atoms with Gasteiger partial charge in [-0.2, -0.15) is 4.98 Å². The van der Waals surface area contributed by atoms with Crippen LogP contribution in [0.2, 0.25) is 0 Å². The van der Waals surface area contributed by atoms with Crippen molar-refractivity contribution in [1.29, 1.82) is 0 Å². The molecule has 1 fully saturated rings. The van der Waals surface area contributed by atoms with Crippen molar-refractivity contribution in [2.75, 3.05) is 0 Å². The summed E-state index contributed by atoms with van der Waals surface area (Å²) in [7, 11) is 0. The number of fused-ring (bicyclic) bond motifs is 5. The van der Waals surface area contributed by atoms with Crippen LogP contribution in [-0.4, -0.2) is 19.6 Å². The summed E-state index contributed by atoms with van der Waals surface area (Å²) in [5, 5.41) is 13.5. The van der Waals surface area contributed by atoms with Crippen LogP contribution < -0.4 is 4.74 Å². The maximum absolute atomic E-state index is 11.1. The first-order valence-corrected chi connectivity index (χ1v) is 19.7. The smallest absolute Gasteiger partial charge is 0.219 e. The number of hydrogen-bond acceptors (Lipinski definition) is 4. The van der Waals surface area contributed by atoms with E-state index in [1.54, 1.807) is 6.07 Å².